The van der Waals surface area contributed by atoms with Gasteiger partial charge in [0.1, 0.15) is 6.10 Å². The number of rotatable bonds is 5. The number of hydrogen-bond acceptors (Lipinski definition) is 4. The van der Waals surface area contributed by atoms with Crippen molar-refractivity contribution >= 4 is 0 Å². The van der Waals surface area contributed by atoms with E-state index in [1.165, 1.54) is 13.8 Å². The molecule has 0 radical (unpaired) electrons. The van der Waals surface area contributed by atoms with Crippen molar-refractivity contribution in [2.45, 2.75) is 45.9 Å². The Morgan fingerprint density at radius 3 is 2.25 bits per heavy atom. The van der Waals surface area contributed by atoms with Gasteiger partial charge in [-0.15, -0.1) is 0 Å². The smallest absolute Gasteiger partial charge is 0.189 e. The third-order valence-corrected chi connectivity index (χ3v) is 1.59. The van der Waals surface area contributed by atoms with Crippen LogP contribution in [0.1, 0.15) is 27.7 Å². The summed E-state index contributed by atoms with van der Waals surface area (Å²) in [5.41, 5.74) is 0. The zero-order chi connectivity index (χ0) is 9.78. The van der Waals surface area contributed by atoms with Crippen LogP contribution >= 0.6 is 0 Å². The van der Waals surface area contributed by atoms with E-state index in [2.05, 4.69) is 0 Å². The van der Waals surface area contributed by atoms with E-state index in [-0.39, 0.29) is 0 Å². The second-order valence-corrected chi connectivity index (χ2v) is 2.87. The molecule has 0 fully saturated rings. The van der Waals surface area contributed by atoms with Crippen LogP contribution in [0.2, 0.25) is 0 Å². The Morgan fingerprint density at radius 2 is 1.92 bits per heavy atom. The van der Waals surface area contributed by atoms with Crippen molar-refractivity contribution in [1.82, 2.24) is 0 Å². The van der Waals surface area contributed by atoms with Crippen LogP contribution < -0.4 is 0 Å². The van der Waals surface area contributed by atoms with Crippen molar-refractivity contribution < 1.29 is 19.7 Å². The van der Waals surface area contributed by atoms with Gasteiger partial charge in [0.25, 0.3) is 0 Å². The third-order valence-electron chi connectivity index (χ3n) is 1.59. The number of aliphatic hydroxyl groups is 2. The highest BCUT2D eigenvalue weighted by molar-refractivity contribution is 4.68. The predicted octanol–water partition coefficient (Wildman–Crippen LogP) is 0.475. The van der Waals surface area contributed by atoms with Gasteiger partial charge in [0.2, 0.25) is 0 Å². The van der Waals surface area contributed by atoms with Crippen LogP contribution in [0.25, 0.3) is 0 Å². The molecule has 0 aromatic heterocycles. The molecule has 3 atom stereocenters. The van der Waals surface area contributed by atoms with Gasteiger partial charge in [-0.05, 0) is 27.7 Å². The number of hydrogen-bond donors (Lipinski definition) is 2. The lowest BCUT2D eigenvalue weighted by Gasteiger charge is -2.30. The standard InChI is InChI=1S/C8H18O4/c1-5-11-8(4,10)6(2)12-7(3)9/h6-7,9-10H,5H2,1-4H3. The highest BCUT2D eigenvalue weighted by Crippen LogP contribution is 2.15. The van der Waals surface area contributed by atoms with E-state index < -0.39 is 18.2 Å². The fraction of sp³-hybridized carbons (Fsp3) is 1.00. The maximum atomic E-state index is 9.57. The highest BCUT2D eigenvalue weighted by atomic mass is 16.7. The first kappa shape index (κ1) is 11.8. The minimum absolute atomic E-state index is 0.403. The fourth-order valence-corrected chi connectivity index (χ4v) is 0.831. The first-order valence-corrected chi connectivity index (χ1v) is 4.10. The third kappa shape index (κ3) is 4.01. The zero-order valence-corrected chi connectivity index (χ0v) is 8.07. The molecule has 74 valence electrons. The summed E-state index contributed by atoms with van der Waals surface area (Å²) in [5.74, 6) is -1.34. The van der Waals surface area contributed by atoms with Crippen LogP contribution in [0.3, 0.4) is 0 Å². The molecule has 0 aliphatic heterocycles. The molecule has 4 nitrogen and oxygen atoms in total. The minimum atomic E-state index is -1.34. The molecule has 3 unspecified atom stereocenters. The van der Waals surface area contributed by atoms with Gasteiger partial charge in [0.05, 0.1) is 0 Å². The van der Waals surface area contributed by atoms with Gasteiger partial charge in [-0.25, -0.2) is 0 Å². The Morgan fingerprint density at radius 1 is 1.42 bits per heavy atom. The second-order valence-electron chi connectivity index (χ2n) is 2.87. The summed E-state index contributed by atoms with van der Waals surface area (Å²) in [6, 6.07) is 0. The summed E-state index contributed by atoms with van der Waals surface area (Å²) < 4.78 is 9.96. The molecule has 0 amide bonds. The van der Waals surface area contributed by atoms with Gasteiger partial charge in [0.15, 0.2) is 12.1 Å². The molecule has 0 aliphatic carbocycles. The van der Waals surface area contributed by atoms with Gasteiger partial charge in [-0.1, -0.05) is 0 Å². The lowest BCUT2D eigenvalue weighted by atomic mass is 10.2. The van der Waals surface area contributed by atoms with Crippen LogP contribution in [-0.4, -0.2) is 35.0 Å². The number of ether oxygens (including phenoxy) is 2. The molecule has 0 heterocycles. The molecule has 0 bridgehead atoms. The minimum Gasteiger partial charge on any atom is -0.368 e. The molecular weight excluding hydrogens is 160 g/mol. The second kappa shape index (κ2) is 4.77. The van der Waals surface area contributed by atoms with E-state index in [1.807, 2.05) is 0 Å². The van der Waals surface area contributed by atoms with Crippen molar-refractivity contribution in [3.8, 4) is 0 Å². The van der Waals surface area contributed by atoms with Crippen molar-refractivity contribution in [1.29, 1.82) is 0 Å². The van der Waals surface area contributed by atoms with E-state index in [9.17, 15) is 5.11 Å². The van der Waals surface area contributed by atoms with E-state index in [4.69, 9.17) is 14.6 Å². The highest BCUT2D eigenvalue weighted by Gasteiger charge is 2.30. The Labute approximate surface area is 73.1 Å². The maximum Gasteiger partial charge on any atom is 0.189 e. The lowest BCUT2D eigenvalue weighted by Crippen LogP contribution is -2.43. The summed E-state index contributed by atoms with van der Waals surface area (Å²) in [5, 5.41) is 18.4. The first-order valence-electron chi connectivity index (χ1n) is 4.10. The van der Waals surface area contributed by atoms with Gasteiger partial charge in [0, 0.05) is 6.61 Å². The van der Waals surface area contributed by atoms with Crippen molar-refractivity contribution in [3.05, 3.63) is 0 Å². The summed E-state index contributed by atoms with van der Waals surface area (Å²) in [6.45, 7) is 6.81. The van der Waals surface area contributed by atoms with Crippen molar-refractivity contribution in [2.24, 2.45) is 0 Å². The first-order chi connectivity index (χ1) is 5.40. The lowest BCUT2D eigenvalue weighted by molar-refractivity contribution is -0.276. The van der Waals surface area contributed by atoms with Gasteiger partial charge >= 0.3 is 0 Å². The molecule has 0 aliphatic rings. The Bertz CT molecular complexity index is 122. The topological polar surface area (TPSA) is 58.9 Å². The molecular formula is C8H18O4. The summed E-state index contributed by atoms with van der Waals surface area (Å²) in [6.07, 6.45) is -1.45. The molecule has 0 spiro atoms. The summed E-state index contributed by atoms with van der Waals surface area (Å²) in [4.78, 5) is 0. The number of aliphatic hydroxyl groups excluding tert-OH is 1. The van der Waals surface area contributed by atoms with Gasteiger partial charge in [-0.3, -0.25) is 0 Å². The van der Waals surface area contributed by atoms with E-state index in [0.717, 1.165) is 0 Å². The fourth-order valence-electron chi connectivity index (χ4n) is 0.831. The Hall–Kier alpha value is -0.160. The SMILES string of the molecule is CCOC(C)(O)C(C)OC(C)O. The van der Waals surface area contributed by atoms with Crippen LogP contribution in [0, 0.1) is 0 Å². The molecule has 0 saturated carbocycles. The van der Waals surface area contributed by atoms with Crippen LogP contribution in [-0.2, 0) is 9.47 Å². The van der Waals surface area contributed by atoms with Crippen LogP contribution in [0.4, 0.5) is 0 Å². The summed E-state index contributed by atoms with van der Waals surface area (Å²) in [7, 11) is 0. The molecule has 12 heavy (non-hydrogen) atoms. The molecule has 0 saturated heterocycles. The summed E-state index contributed by atoms with van der Waals surface area (Å²) >= 11 is 0. The van der Waals surface area contributed by atoms with Crippen molar-refractivity contribution in [3.63, 3.8) is 0 Å². The monoisotopic (exact) mass is 178 g/mol. The van der Waals surface area contributed by atoms with Gasteiger partial charge < -0.3 is 19.7 Å². The normalized spacial score (nSPS) is 21.5. The quantitative estimate of drug-likeness (QED) is 0.601. The average molecular weight is 178 g/mol. The van der Waals surface area contributed by atoms with E-state index in [0.29, 0.717) is 6.61 Å². The molecule has 0 rings (SSSR count). The van der Waals surface area contributed by atoms with E-state index in [1.54, 1.807) is 13.8 Å². The van der Waals surface area contributed by atoms with Crippen LogP contribution in [0.15, 0.2) is 0 Å². The largest absolute Gasteiger partial charge is 0.368 e. The molecule has 2 N–H and O–H groups in total. The van der Waals surface area contributed by atoms with E-state index >= 15 is 0 Å². The molecule has 4 heteroatoms. The predicted molar refractivity (Wildman–Crippen MR) is 44.5 cm³/mol. The zero-order valence-electron chi connectivity index (χ0n) is 8.07. The average Bonchev–Trinajstić information content (AvgIpc) is 1.85. The van der Waals surface area contributed by atoms with Gasteiger partial charge in [-0.2, -0.15) is 0 Å². The maximum absolute atomic E-state index is 9.57. The van der Waals surface area contributed by atoms with Crippen LogP contribution in [0.5, 0.6) is 0 Å². The Kier molecular flexibility index (Phi) is 4.70. The molecule has 0 aromatic carbocycles. The molecule has 0 aromatic rings. The Balaban J connectivity index is 3.96. The van der Waals surface area contributed by atoms with Crippen molar-refractivity contribution in [2.75, 3.05) is 6.61 Å².